The van der Waals surface area contributed by atoms with Crippen LogP contribution in [0.15, 0.2) is 72.3 Å². The summed E-state index contributed by atoms with van der Waals surface area (Å²) in [6.07, 6.45) is 0. The summed E-state index contributed by atoms with van der Waals surface area (Å²) in [5.41, 5.74) is 2.87. The van der Waals surface area contributed by atoms with Gasteiger partial charge in [0, 0.05) is 0 Å². The van der Waals surface area contributed by atoms with Gasteiger partial charge in [-0.3, -0.25) is 14.5 Å². The number of para-hydroxylation sites is 2. The van der Waals surface area contributed by atoms with Crippen molar-refractivity contribution in [3.05, 3.63) is 94.6 Å². The first-order valence-corrected chi connectivity index (χ1v) is 10.1. The number of aryl methyl sites for hydroxylation is 2. The zero-order chi connectivity index (χ0) is 23.0. The van der Waals surface area contributed by atoms with Gasteiger partial charge in [-0.05, 0) is 43.7 Å². The first-order valence-electron chi connectivity index (χ1n) is 10.1. The predicted molar refractivity (Wildman–Crippen MR) is 122 cm³/mol. The first kappa shape index (κ1) is 21.2. The summed E-state index contributed by atoms with van der Waals surface area (Å²) in [5, 5.41) is 21.8. The molecule has 1 amide bonds. The van der Waals surface area contributed by atoms with Crippen molar-refractivity contribution in [1.29, 1.82) is 0 Å². The molecule has 0 aromatic heterocycles. The van der Waals surface area contributed by atoms with E-state index in [1.54, 1.807) is 36.4 Å². The van der Waals surface area contributed by atoms with E-state index in [0.29, 0.717) is 16.9 Å². The number of benzene rings is 3. The molecule has 1 unspecified atom stereocenters. The average molecular weight is 429 g/mol. The van der Waals surface area contributed by atoms with Crippen LogP contribution >= 0.6 is 0 Å². The number of aliphatic hydroxyl groups is 1. The summed E-state index contributed by atoms with van der Waals surface area (Å²) in [6, 6.07) is 18.0. The third kappa shape index (κ3) is 3.50. The molecule has 3 aromatic rings. The minimum Gasteiger partial charge on any atom is -0.507 e. The lowest BCUT2D eigenvalue weighted by atomic mass is 9.93. The van der Waals surface area contributed by atoms with Crippen LogP contribution in [0, 0.1) is 13.8 Å². The van der Waals surface area contributed by atoms with Crippen LogP contribution in [0.3, 0.4) is 0 Å². The fourth-order valence-corrected chi connectivity index (χ4v) is 4.06. The maximum absolute atomic E-state index is 13.2. The van der Waals surface area contributed by atoms with Crippen LogP contribution in [0.1, 0.15) is 28.3 Å². The molecule has 0 aliphatic carbocycles. The molecule has 32 heavy (non-hydrogen) atoms. The molecule has 1 fully saturated rings. The van der Waals surface area contributed by atoms with Crippen molar-refractivity contribution in [2.24, 2.45) is 0 Å². The first-order chi connectivity index (χ1) is 15.3. The Hall–Kier alpha value is -4.06. The van der Waals surface area contributed by atoms with Crippen LogP contribution in [-0.2, 0) is 9.59 Å². The number of ether oxygens (including phenoxy) is 1. The fraction of sp³-hybridized carbons (Fsp3) is 0.154. The lowest BCUT2D eigenvalue weighted by molar-refractivity contribution is -0.132. The molecule has 0 saturated carbocycles. The molecule has 1 heterocycles. The summed E-state index contributed by atoms with van der Waals surface area (Å²) in [6.45, 7) is 3.76. The third-order valence-electron chi connectivity index (χ3n) is 5.55. The van der Waals surface area contributed by atoms with E-state index < -0.39 is 17.7 Å². The number of carbonyl (C=O) groups is 2. The molecule has 1 aliphatic rings. The number of phenols is 1. The summed E-state index contributed by atoms with van der Waals surface area (Å²) in [5.74, 6) is -1.75. The van der Waals surface area contributed by atoms with Crippen molar-refractivity contribution in [2.45, 2.75) is 19.9 Å². The van der Waals surface area contributed by atoms with Crippen molar-refractivity contribution < 1.29 is 24.5 Å². The molecule has 1 atom stereocenters. The quantitative estimate of drug-likeness (QED) is 0.358. The molecule has 1 saturated heterocycles. The number of aromatic hydroxyl groups is 1. The molecule has 0 bridgehead atoms. The van der Waals surface area contributed by atoms with E-state index in [1.807, 2.05) is 38.1 Å². The van der Waals surface area contributed by atoms with E-state index in [9.17, 15) is 19.8 Å². The lowest BCUT2D eigenvalue weighted by Gasteiger charge is -2.26. The van der Waals surface area contributed by atoms with E-state index in [0.717, 1.165) is 11.1 Å². The highest BCUT2D eigenvalue weighted by Crippen LogP contribution is 2.45. The molecule has 4 rings (SSSR count). The topological polar surface area (TPSA) is 87.1 Å². The second-order valence-corrected chi connectivity index (χ2v) is 7.78. The Morgan fingerprint density at radius 3 is 2.34 bits per heavy atom. The summed E-state index contributed by atoms with van der Waals surface area (Å²) < 4.78 is 5.39. The largest absolute Gasteiger partial charge is 0.507 e. The van der Waals surface area contributed by atoms with Crippen LogP contribution in [0.25, 0.3) is 5.76 Å². The molecular weight excluding hydrogens is 406 g/mol. The standard InChI is InChI=1S/C26H23NO5/c1-15-7-6-8-17(13-15)23-22(24(29)18-14-16(2)11-12-21(18)32-3)25(30)26(31)27(23)19-9-4-5-10-20(19)28/h4-14,23,28-29H,1-3H3/b24-22+. The molecule has 2 N–H and O–H groups in total. The van der Waals surface area contributed by atoms with Crippen LogP contribution in [-0.4, -0.2) is 29.0 Å². The van der Waals surface area contributed by atoms with Gasteiger partial charge < -0.3 is 14.9 Å². The van der Waals surface area contributed by atoms with Gasteiger partial charge in [0.05, 0.1) is 30.0 Å². The predicted octanol–water partition coefficient (Wildman–Crippen LogP) is 4.64. The zero-order valence-electron chi connectivity index (χ0n) is 18.0. The van der Waals surface area contributed by atoms with Gasteiger partial charge in [-0.1, -0.05) is 53.6 Å². The number of carbonyl (C=O) groups excluding carboxylic acids is 2. The molecule has 162 valence electrons. The number of amides is 1. The van der Waals surface area contributed by atoms with Crippen molar-refractivity contribution >= 4 is 23.1 Å². The number of hydrogen-bond donors (Lipinski definition) is 2. The normalized spacial score (nSPS) is 17.6. The molecular formula is C26H23NO5. The second kappa shape index (κ2) is 8.23. The number of nitrogens with zero attached hydrogens (tertiary/aromatic N) is 1. The molecule has 6 nitrogen and oxygen atoms in total. The lowest BCUT2D eigenvalue weighted by Crippen LogP contribution is -2.29. The Bertz CT molecular complexity index is 1260. The van der Waals surface area contributed by atoms with E-state index in [4.69, 9.17) is 4.74 Å². The summed E-state index contributed by atoms with van der Waals surface area (Å²) in [7, 11) is 1.47. The Kier molecular flexibility index (Phi) is 5.45. The van der Waals surface area contributed by atoms with Crippen LogP contribution in [0.2, 0.25) is 0 Å². The number of hydrogen-bond acceptors (Lipinski definition) is 5. The number of methoxy groups -OCH3 is 1. The third-order valence-corrected chi connectivity index (χ3v) is 5.55. The summed E-state index contributed by atoms with van der Waals surface area (Å²) in [4.78, 5) is 27.7. The van der Waals surface area contributed by atoms with E-state index in [1.165, 1.54) is 18.1 Å². The van der Waals surface area contributed by atoms with Gasteiger partial charge in [0.1, 0.15) is 17.3 Å². The van der Waals surface area contributed by atoms with Crippen molar-refractivity contribution in [2.75, 3.05) is 12.0 Å². The minimum absolute atomic E-state index is 0.0623. The van der Waals surface area contributed by atoms with E-state index in [-0.39, 0.29) is 22.8 Å². The highest BCUT2D eigenvalue weighted by molar-refractivity contribution is 6.52. The number of anilines is 1. The maximum atomic E-state index is 13.2. The minimum atomic E-state index is -0.923. The van der Waals surface area contributed by atoms with Crippen LogP contribution in [0.5, 0.6) is 11.5 Å². The smallest absolute Gasteiger partial charge is 0.300 e. The van der Waals surface area contributed by atoms with Crippen LogP contribution < -0.4 is 9.64 Å². The van der Waals surface area contributed by atoms with Crippen molar-refractivity contribution in [3.8, 4) is 11.5 Å². The molecule has 3 aromatic carbocycles. The average Bonchev–Trinajstić information content (AvgIpc) is 3.04. The molecule has 0 radical (unpaired) electrons. The van der Waals surface area contributed by atoms with Crippen LogP contribution in [0.4, 0.5) is 5.69 Å². The SMILES string of the molecule is COc1ccc(C)cc1/C(O)=C1\C(=O)C(=O)N(c2ccccc2O)C1c1cccc(C)c1. The monoisotopic (exact) mass is 429 g/mol. The van der Waals surface area contributed by atoms with Gasteiger partial charge in [-0.15, -0.1) is 0 Å². The second-order valence-electron chi connectivity index (χ2n) is 7.78. The van der Waals surface area contributed by atoms with Gasteiger partial charge in [0.15, 0.2) is 0 Å². The molecule has 1 aliphatic heterocycles. The molecule has 0 spiro atoms. The highest BCUT2D eigenvalue weighted by atomic mass is 16.5. The van der Waals surface area contributed by atoms with Gasteiger partial charge in [0.2, 0.25) is 0 Å². The van der Waals surface area contributed by atoms with Gasteiger partial charge in [-0.2, -0.15) is 0 Å². The van der Waals surface area contributed by atoms with Gasteiger partial charge >= 0.3 is 0 Å². The number of aliphatic hydroxyl groups excluding tert-OH is 1. The van der Waals surface area contributed by atoms with E-state index >= 15 is 0 Å². The Labute approximate surface area is 186 Å². The molecule has 6 heteroatoms. The maximum Gasteiger partial charge on any atom is 0.300 e. The van der Waals surface area contributed by atoms with Gasteiger partial charge in [0.25, 0.3) is 11.7 Å². The Morgan fingerprint density at radius 1 is 0.938 bits per heavy atom. The fourth-order valence-electron chi connectivity index (χ4n) is 4.06. The highest BCUT2D eigenvalue weighted by Gasteiger charge is 2.47. The number of phenolic OH excluding ortho intramolecular Hbond substituents is 1. The van der Waals surface area contributed by atoms with Crippen molar-refractivity contribution in [1.82, 2.24) is 0 Å². The number of ketones is 1. The van der Waals surface area contributed by atoms with E-state index in [2.05, 4.69) is 0 Å². The van der Waals surface area contributed by atoms with Gasteiger partial charge in [-0.25, -0.2) is 0 Å². The summed E-state index contributed by atoms with van der Waals surface area (Å²) >= 11 is 0. The number of rotatable bonds is 4. The Balaban J connectivity index is 2.02. The van der Waals surface area contributed by atoms with Crippen molar-refractivity contribution in [3.63, 3.8) is 0 Å². The Morgan fingerprint density at radius 2 is 1.66 bits per heavy atom. The zero-order valence-corrected chi connectivity index (χ0v) is 18.0. The number of Topliss-reactive ketones (excluding diaryl/α,β-unsaturated/α-hetero) is 1.